The Morgan fingerprint density at radius 2 is 0.963 bits per heavy atom. The lowest BCUT2D eigenvalue weighted by atomic mass is 10.1. The molecule has 0 radical (unpaired) electrons. The van der Waals surface area contributed by atoms with E-state index in [1.54, 1.807) is 0 Å². The maximum absolute atomic E-state index is 11.4. The SMILES string of the molecule is O=C(O)c1ccc(C(=O)O)cc1.O=C1OC(=O)c2c(Br)c(Br)c(Br)c(Br)c21. The first kappa shape index (κ1) is 21.7. The van der Waals surface area contributed by atoms with E-state index in [1.807, 2.05) is 0 Å². The van der Waals surface area contributed by atoms with Crippen molar-refractivity contribution in [1.29, 1.82) is 0 Å². The Morgan fingerprint density at radius 1 is 0.667 bits per heavy atom. The van der Waals surface area contributed by atoms with Gasteiger partial charge in [-0.15, -0.1) is 0 Å². The maximum Gasteiger partial charge on any atom is 0.348 e. The molecule has 0 aromatic heterocycles. The van der Waals surface area contributed by atoms with Crippen LogP contribution in [0.5, 0.6) is 0 Å². The summed E-state index contributed by atoms with van der Waals surface area (Å²) in [6, 6.07) is 5.02. The Hall–Kier alpha value is -1.56. The number of carboxylic acids is 2. The summed E-state index contributed by atoms with van der Waals surface area (Å²) in [5.41, 5.74) is 0.643. The summed E-state index contributed by atoms with van der Waals surface area (Å²) in [4.78, 5) is 43.4. The van der Waals surface area contributed by atoms with Crippen molar-refractivity contribution in [3.05, 3.63) is 64.4 Å². The van der Waals surface area contributed by atoms with E-state index < -0.39 is 23.9 Å². The van der Waals surface area contributed by atoms with E-state index in [-0.39, 0.29) is 22.3 Å². The van der Waals surface area contributed by atoms with Crippen LogP contribution in [0.4, 0.5) is 0 Å². The fourth-order valence-electron chi connectivity index (χ4n) is 1.96. The molecule has 2 N–H and O–H groups in total. The number of aromatic carboxylic acids is 2. The van der Waals surface area contributed by atoms with E-state index in [9.17, 15) is 19.2 Å². The standard InChI is InChI=1S/C8Br4O3.C8H6O4/c9-3-1-2(8(14)15-7(1)13)4(10)6(12)5(3)11;9-7(10)5-1-2-6(4-3-5)8(11)12/h;1-4H,(H,9,10)(H,11,12). The number of benzene rings is 2. The minimum atomic E-state index is -1.06. The summed E-state index contributed by atoms with van der Waals surface area (Å²) in [7, 11) is 0. The Bertz CT molecular complexity index is 905. The Morgan fingerprint density at radius 3 is 1.22 bits per heavy atom. The van der Waals surface area contributed by atoms with E-state index >= 15 is 0 Å². The normalized spacial score (nSPS) is 12.0. The Labute approximate surface area is 185 Å². The molecule has 0 amide bonds. The molecule has 0 aliphatic carbocycles. The monoisotopic (exact) mass is 626 g/mol. The predicted molar refractivity (Wildman–Crippen MR) is 107 cm³/mol. The molecular formula is C16H6Br4O7. The average molecular weight is 630 g/mol. The average Bonchev–Trinajstić information content (AvgIpc) is 2.92. The maximum atomic E-state index is 11.4. The number of esters is 2. The topological polar surface area (TPSA) is 118 Å². The fourth-order valence-corrected chi connectivity index (χ4v) is 4.40. The number of carboxylic acid groups (broad SMARTS) is 2. The van der Waals surface area contributed by atoms with Crippen LogP contribution in [0.25, 0.3) is 0 Å². The van der Waals surface area contributed by atoms with Crippen molar-refractivity contribution in [2.45, 2.75) is 0 Å². The van der Waals surface area contributed by atoms with Crippen molar-refractivity contribution in [1.82, 2.24) is 0 Å². The Balaban J connectivity index is 0.000000199. The van der Waals surface area contributed by atoms with E-state index in [0.29, 0.717) is 17.9 Å². The number of rotatable bonds is 2. The van der Waals surface area contributed by atoms with Crippen LogP contribution in [0.15, 0.2) is 42.2 Å². The van der Waals surface area contributed by atoms with Crippen LogP contribution < -0.4 is 0 Å². The van der Waals surface area contributed by atoms with Crippen molar-refractivity contribution < 1.29 is 34.1 Å². The smallest absolute Gasteiger partial charge is 0.348 e. The van der Waals surface area contributed by atoms with Gasteiger partial charge in [0.15, 0.2) is 0 Å². The summed E-state index contributed by atoms with van der Waals surface area (Å²) < 4.78 is 6.84. The van der Waals surface area contributed by atoms with Gasteiger partial charge in [-0.05, 0) is 88.0 Å². The fraction of sp³-hybridized carbons (Fsp3) is 0. The largest absolute Gasteiger partial charge is 0.478 e. The number of ether oxygens (including phenoxy) is 1. The second-order valence-corrected chi connectivity index (χ2v) is 8.04. The summed E-state index contributed by atoms with van der Waals surface area (Å²) >= 11 is 13.0. The highest BCUT2D eigenvalue weighted by atomic mass is 79.9. The minimum Gasteiger partial charge on any atom is -0.478 e. The van der Waals surface area contributed by atoms with Gasteiger partial charge in [-0.2, -0.15) is 0 Å². The first-order valence-corrected chi connectivity index (χ1v) is 9.92. The van der Waals surface area contributed by atoms with Gasteiger partial charge in [-0.25, -0.2) is 19.2 Å². The third kappa shape index (κ3) is 4.48. The molecule has 0 fully saturated rings. The van der Waals surface area contributed by atoms with E-state index in [2.05, 4.69) is 68.5 Å². The van der Waals surface area contributed by atoms with Crippen molar-refractivity contribution in [2.75, 3.05) is 0 Å². The van der Waals surface area contributed by atoms with Gasteiger partial charge in [0.25, 0.3) is 0 Å². The van der Waals surface area contributed by atoms with Gasteiger partial charge in [0, 0.05) is 17.9 Å². The summed E-state index contributed by atoms with van der Waals surface area (Å²) in [5, 5.41) is 16.9. The highest BCUT2D eigenvalue weighted by Crippen LogP contribution is 2.44. The van der Waals surface area contributed by atoms with Crippen LogP contribution in [-0.2, 0) is 4.74 Å². The first-order valence-electron chi connectivity index (χ1n) is 6.75. The summed E-state index contributed by atoms with van der Waals surface area (Å²) in [6.07, 6.45) is 0. The number of halogens is 4. The number of fused-ring (bicyclic) bond motifs is 1. The number of carbonyl (C=O) groups excluding carboxylic acids is 2. The van der Waals surface area contributed by atoms with Gasteiger partial charge in [0.05, 0.1) is 22.3 Å². The van der Waals surface area contributed by atoms with Crippen molar-refractivity contribution in [3.63, 3.8) is 0 Å². The van der Waals surface area contributed by atoms with Crippen molar-refractivity contribution in [2.24, 2.45) is 0 Å². The van der Waals surface area contributed by atoms with Crippen LogP contribution in [-0.4, -0.2) is 34.1 Å². The molecule has 0 spiro atoms. The predicted octanol–water partition coefficient (Wildman–Crippen LogP) is 5.13. The molecule has 1 aliphatic rings. The number of carbonyl (C=O) groups is 4. The van der Waals surface area contributed by atoms with Crippen molar-refractivity contribution in [3.8, 4) is 0 Å². The van der Waals surface area contributed by atoms with Gasteiger partial charge in [0.2, 0.25) is 0 Å². The molecular weight excluding hydrogens is 624 g/mol. The van der Waals surface area contributed by atoms with Crippen LogP contribution >= 0.6 is 63.7 Å². The summed E-state index contributed by atoms with van der Waals surface area (Å²) in [5.74, 6) is -3.41. The molecule has 140 valence electrons. The molecule has 1 aliphatic heterocycles. The highest BCUT2D eigenvalue weighted by molar-refractivity contribution is 9.15. The molecule has 2 aromatic rings. The summed E-state index contributed by atoms with van der Waals surface area (Å²) in [6.45, 7) is 0. The molecule has 0 saturated carbocycles. The zero-order valence-corrected chi connectivity index (χ0v) is 19.1. The van der Waals surface area contributed by atoms with Gasteiger partial charge in [-0.1, -0.05) is 0 Å². The molecule has 0 saturated heterocycles. The lowest BCUT2D eigenvalue weighted by Gasteiger charge is -2.06. The van der Waals surface area contributed by atoms with Crippen LogP contribution in [0, 0.1) is 0 Å². The molecule has 11 heteroatoms. The van der Waals surface area contributed by atoms with Gasteiger partial charge >= 0.3 is 23.9 Å². The molecule has 1 heterocycles. The molecule has 0 bridgehead atoms. The molecule has 2 aromatic carbocycles. The highest BCUT2D eigenvalue weighted by Gasteiger charge is 2.36. The third-order valence-corrected chi connectivity index (χ3v) is 8.01. The van der Waals surface area contributed by atoms with Gasteiger partial charge < -0.3 is 14.9 Å². The number of hydrogen-bond acceptors (Lipinski definition) is 5. The molecule has 0 atom stereocenters. The van der Waals surface area contributed by atoms with Gasteiger partial charge in [-0.3, -0.25) is 0 Å². The third-order valence-electron chi connectivity index (χ3n) is 3.24. The molecule has 7 nitrogen and oxygen atoms in total. The zero-order valence-electron chi connectivity index (χ0n) is 12.8. The molecule has 0 unspecified atom stereocenters. The number of hydrogen-bond donors (Lipinski definition) is 2. The molecule has 3 rings (SSSR count). The minimum absolute atomic E-state index is 0.0833. The van der Waals surface area contributed by atoms with Gasteiger partial charge in [0.1, 0.15) is 0 Å². The lowest BCUT2D eigenvalue weighted by Crippen LogP contribution is -1.99. The zero-order chi connectivity index (χ0) is 20.5. The van der Waals surface area contributed by atoms with Crippen LogP contribution in [0.3, 0.4) is 0 Å². The van der Waals surface area contributed by atoms with Crippen LogP contribution in [0.1, 0.15) is 41.4 Å². The van der Waals surface area contributed by atoms with Crippen molar-refractivity contribution >= 4 is 87.6 Å². The molecule has 27 heavy (non-hydrogen) atoms. The Kier molecular flexibility index (Phi) is 6.95. The van der Waals surface area contributed by atoms with E-state index in [1.165, 1.54) is 24.3 Å². The van der Waals surface area contributed by atoms with E-state index in [0.717, 1.165) is 0 Å². The number of cyclic esters (lactones) is 2. The van der Waals surface area contributed by atoms with E-state index in [4.69, 9.17) is 10.2 Å². The second kappa shape index (κ2) is 8.63. The lowest BCUT2D eigenvalue weighted by molar-refractivity contribution is 0.0441. The second-order valence-electron chi connectivity index (χ2n) is 4.87. The van der Waals surface area contributed by atoms with Crippen LogP contribution in [0.2, 0.25) is 0 Å². The quantitative estimate of drug-likeness (QED) is 0.205. The first-order chi connectivity index (χ1) is 12.6.